The zero-order chi connectivity index (χ0) is 31.9. The van der Waals surface area contributed by atoms with E-state index in [2.05, 4.69) is 5.32 Å². The van der Waals surface area contributed by atoms with E-state index in [0.717, 1.165) is 9.87 Å². The van der Waals surface area contributed by atoms with Crippen molar-refractivity contribution < 1.29 is 27.5 Å². The molecule has 0 aliphatic carbocycles. The highest BCUT2D eigenvalue weighted by atomic mass is 35.5. The summed E-state index contributed by atoms with van der Waals surface area (Å²) in [6.07, 6.45) is 0.297. The van der Waals surface area contributed by atoms with Crippen molar-refractivity contribution in [1.29, 1.82) is 0 Å². The molecule has 9 nitrogen and oxygen atoms in total. The normalized spacial score (nSPS) is 12.3. The van der Waals surface area contributed by atoms with Gasteiger partial charge in [0.25, 0.3) is 10.0 Å². The molecule has 0 saturated carbocycles. The van der Waals surface area contributed by atoms with Crippen LogP contribution in [0.25, 0.3) is 0 Å². The number of aryl methyl sites for hydroxylation is 1. The van der Waals surface area contributed by atoms with Gasteiger partial charge in [0.05, 0.1) is 24.8 Å². The molecule has 11 heteroatoms. The Morgan fingerprint density at radius 3 is 2.14 bits per heavy atom. The number of carbonyl (C=O) groups excluding carboxylic acids is 2. The van der Waals surface area contributed by atoms with Gasteiger partial charge in [-0.2, -0.15) is 0 Å². The Bertz CT molecular complexity index is 1540. The van der Waals surface area contributed by atoms with E-state index in [9.17, 15) is 18.0 Å². The average Bonchev–Trinajstić information content (AvgIpc) is 2.95. The Morgan fingerprint density at radius 1 is 0.953 bits per heavy atom. The molecule has 0 fully saturated rings. The van der Waals surface area contributed by atoms with Crippen molar-refractivity contribution in [2.75, 3.05) is 25.1 Å². The van der Waals surface area contributed by atoms with Gasteiger partial charge in [-0.1, -0.05) is 54.4 Å². The first-order valence-electron chi connectivity index (χ1n) is 13.9. The lowest BCUT2D eigenvalue weighted by Crippen LogP contribution is -2.55. The number of halogens is 1. The van der Waals surface area contributed by atoms with Gasteiger partial charge in [-0.25, -0.2) is 8.42 Å². The fraction of sp³-hybridized carbons (Fsp3) is 0.375. The van der Waals surface area contributed by atoms with Gasteiger partial charge in [0.2, 0.25) is 11.8 Å². The summed E-state index contributed by atoms with van der Waals surface area (Å²) in [5, 5.41) is 3.38. The van der Waals surface area contributed by atoms with E-state index in [-0.39, 0.29) is 23.1 Å². The number of ether oxygens (including phenoxy) is 2. The van der Waals surface area contributed by atoms with Gasteiger partial charge in [-0.05, 0) is 70.0 Å². The van der Waals surface area contributed by atoms with Crippen LogP contribution in [0, 0.1) is 6.92 Å². The summed E-state index contributed by atoms with van der Waals surface area (Å²) in [7, 11) is -1.42. The van der Waals surface area contributed by atoms with Crippen LogP contribution in [-0.2, 0) is 26.2 Å². The number of nitrogens with zero attached hydrogens (tertiary/aromatic N) is 2. The molecule has 0 radical (unpaired) electrons. The highest BCUT2D eigenvalue weighted by molar-refractivity contribution is 7.92. The topological polar surface area (TPSA) is 105 Å². The molecule has 0 aliphatic heterocycles. The standard InChI is InChI=1S/C32H40ClN3O6S/c1-8-27(31(38)34-32(3,4)5)35(20-23-11-9-10-12-26(23)33)30(37)21-36(24-15-13-22(2)14-16-24)43(39,40)25-17-18-28(41-6)29(19-25)42-7/h9-19,27H,8,20-21H2,1-7H3,(H,34,38)/t27-/m1/s1. The molecule has 0 aliphatic rings. The Kier molecular flexibility index (Phi) is 11.1. The van der Waals surface area contributed by atoms with Crippen LogP contribution in [0.2, 0.25) is 5.02 Å². The summed E-state index contributed by atoms with van der Waals surface area (Å²) < 4.78 is 40.0. The monoisotopic (exact) mass is 629 g/mol. The van der Waals surface area contributed by atoms with E-state index in [1.807, 2.05) is 27.7 Å². The van der Waals surface area contributed by atoms with Crippen molar-refractivity contribution >= 4 is 39.1 Å². The lowest BCUT2D eigenvalue weighted by molar-refractivity contribution is -0.141. The second-order valence-electron chi connectivity index (χ2n) is 11.1. The molecule has 1 atom stereocenters. The number of hydrogen-bond donors (Lipinski definition) is 1. The van der Waals surface area contributed by atoms with Crippen molar-refractivity contribution in [3.05, 3.63) is 82.9 Å². The molecule has 2 amide bonds. The second-order valence-corrected chi connectivity index (χ2v) is 13.4. The summed E-state index contributed by atoms with van der Waals surface area (Å²) in [5.41, 5.74) is 1.29. The molecule has 3 aromatic carbocycles. The van der Waals surface area contributed by atoms with Crippen LogP contribution in [-0.4, -0.2) is 57.5 Å². The maximum Gasteiger partial charge on any atom is 0.264 e. The van der Waals surface area contributed by atoms with E-state index in [1.165, 1.54) is 37.3 Å². The largest absolute Gasteiger partial charge is 0.493 e. The quantitative estimate of drug-likeness (QED) is 0.280. The molecule has 0 spiro atoms. The van der Waals surface area contributed by atoms with Crippen molar-refractivity contribution in [3.63, 3.8) is 0 Å². The summed E-state index contributed by atoms with van der Waals surface area (Å²) in [5.74, 6) is -0.328. The third-order valence-corrected chi connectivity index (χ3v) is 8.87. The van der Waals surface area contributed by atoms with Crippen LogP contribution in [0.3, 0.4) is 0 Å². The van der Waals surface area contributed by atoms with E-state index in [4.69, 9.17) is 21.1 Å². The number of rotatable bonds is 12. The maximum absolute atomic E-state index is 14.2. The molecule has 232 valence electrons. The first-order chi connectivity index (χ1) is 20.2. The van der Waals surface area contributed by atoms with Crippen molar-refractivity contribution in [1.82, 2.24) is 10.2 Å². The Balaban J connectivity index is 2.12. The number of nitrogens with one attached hydrogen (secondary N) is 1. The lowest BCUT2D eigenvalue weighted by Gasteiger charge is -2.35. The molecular formula is C32H40ClN3O6S. The number of amides is 2. The predicted molar refractivity (Wildman–Crippen MR) is 169 cm³/mol. The van der Waals surface area contributed by atoms with Crippen LogP contribution in [0.1, 0.15) is 45.2 Å². The third kappa shape index (κ3) is 8.42. The van der Waals surface area contributed by atoms with Crippen LogP contribution in [0.15, 0.2) is 71.6 Å². The minimum absolute atomic E-state index is 0.00667. The number of carbonyl (C=O) groups is 2. The van der Waals surface area contributed by atoms with E-state index in [1.54, 1.807) is 55.5 Å². The summed E-state index contributed by atoms with van der Waals surface area (Å²) in [4.78, 5) is 29.0. The average molecular weight is 630 g/mol. The molecule has 43 heavy (non-hydrogen) atoms. The molecule has 0 unspecified atom stereocenters. The van der Waals surface area contributed by atoms with Crippen LogP contribution in [0.4, 0.5) is 5.69 Å². The van der Waals surface area contributed by atoms with E-state index < -0.39 is 34.1 Å². The lowest BCUT2D eigenvalue weighted by atomic mass is 10.1. The summed E-state index contributed by atoms with van der Waals surface area (Å²) in [6, 6.07) is 17.2. The van der Waals surface area contributed by atoms with Gasteiger partial charge in [0.1, 0.15) is 12.6 Å². The summed E-state index contributed by atoms with van der Waals surface area (Å²) >= 11 is 6.46. The van der Waals surface area contributed by atoms with Gasteiger partial charge < -0.3 is 19.7 Å². The molecule has 0 saturated heterocycles. The van der Waals surface area contributed by atoms with Crippen LogP contribution in [0.5, 0.6) is 11.5 Å². The maximum atomic E-state index is 14.2. The Hall–Kier alpha value is -3.76. The first kappa shape index (κ1) is 33.7. The summed E-state index contributed by atoms with van der Waals surface area (Å²) in [6.45, 7) is 8.69. The molecule has 3 aromatic rings. The van der Waals surface area contributed by atoms with Crippen molar-refractivity contribution in [2.45, 2.75) is 64.1 Å². The zero-order valence-corrected chi connectivity index (χ0v) is 27.3. The Labute approximate surface area is 259 Å². The van der Waals surface area contributed by atoms with Gasteiger partial charge in [0, 0.05) is 23.2 Å². The second kappa shape index (κ2) is 14.1. The molecule has 0 bridgehead atoms. The number of sulfonamides is 1. The van der Waals surface area contributed by atoms with Gasteiger partial charge in [-0.15, -0.1) is 0 Å². The molecule has 1 N–H and O–H groups in total. The van der Waals surface area contributed by atoms with Gasteiger partial charge in [-0.3, -0.25) is 13.9 Å². The molecule has 3 rings (SSSR count). The number of benzene rings is 3. The Morgan fingerprint density at radius 2 is 1.58 bits per heavy atom. The first-order valence-corrected chi connectivity index (χ1v) is 15.7. The van der Waals surface area contributed by atoms with E-state index in [0.29, 0.717) is 28.4 Å². The fourth-order valence-electron chi connectivity index (χ4n) is 4.53. The SMILES string of the molecule is CC[C@H](C(=O)NC(C)(C)C)N(Cc1ccccc1Cl)C(=O)CN(c1ccc(C)cc1)S(=O)(=O)c1ccc(OC)c(OC)c1. The zero-order valence-electron chi connectivity index (χ0n) is 25.7. The van der Waals surface area contributed by atoms with E-state index >= 15 is 0 Å². The van der Waals surface area contributed by atoms with Gasteiger partial charge >= 0.3 is 0 Å². The number of anilines is 1. The minimum atomic E-state index is -4.29. The highest BCUT2D eigenvalue weighted by Gasteiger charge is 2.35. The van der Waals surface area contributed by atoms with Crippen molar-refractivity contribution in [3.8, 4) is 11.5 Å². The fourth-order valence-corrected chi connectivity index (χ4v) is 6.15. The number of hydrogen-bond acceptors (Lipinski definition) is 6. The third-order valence-electron chi connectivity index (χ3n) is 6.73. The van der Waals surface area contributed by atoms with Crippen LogP contribution < -0.4 is 19.1 Å². The molecule has 0 heterocycles. The van der Waals surface area contributed by atoms with Crippen LogP contribution >= 0.6 is 11.6 Å². The highest BCUT2D eigenvalue weighted by Crippen LogP contribution is 2.32. The van der Waals surface area contributed by atoms with Gasteiger partial charge in [0.15, 0.2) is 11.5 Å². The number of methoxy groups -OCH3 is 2. The predicted octanol–water partition coefficient (Wildman–Crippen LogP) is 5.58. The molecular weight excluding hydrogens is 590 g/mol. The smallest absolute Gasteiger partial charge is 0.264 e. The minimum Gasteiger partial charge on any atom is -0.493 e. The molecule has 0 aromatic heterocycles. The van der Waals surface area contributed by atoms with Crippen molar-refractivity contribution in [2.24, 2.45) is 0 Å².